The molecule has 0 amide bonds. The Hall–Kier alpha value is -3.64. The molecule has 2 aromatic carbocycles. The summed E-state index contributed by atoms with van der Waals surface area (Å²) in [5.41, 5.74) is -0.744. The minimum Gasteiger partial charge on any atom is -0.744 e. The van der Waals surface area contributed by atoms with E-state index in [9.17, 15) is 45.1 Å². The number of carbonyl (C=O) groups is 4. The van der Waals surface area contributed by atoms with Crippen molar-refractivity contribution in [3.8, 4) is 0 Å². The summed E-state index contributed by atoms with van der Waals surface area (Å²) in [5, 5.41) is 0. The quantitative estimate of drug-likeness (QED) is 0.0150. The van der Waals surface area contributed by atoms with Gasteiger partial charge in [0, 0.05) is 0 Å². The van der Waals surface area contributed by atoms with Crippen molar-refractivity contribution >= 4 is 81.9 Å². The normalized spacial score (nSPS) is 11.8. The molecule has 0 saturated heterocycles. The fraction of sp³-hybridized carbons (Fsp3) is 0.700. The van der Waals surface area contributed by atoms with Gasteiger partial charge in [0.15, 0.2) is 0 Å². The van der Waals surface area contributed by atoms with Crippen LogP contribution in [0.15, 0.2) is 94.8 Å². The Kier molecular flexibility index (Phi) is 63.2. The summed E-state index contributed by atoms with van der Waals surface area (Å²) in [4.78, 5) is 50.1. The van der Waals surface area contributed by atoms with E-state index in [1.165, 1.54) is 180 Å². The van der Waals surface area contributed by atoms with Crippen LogP contribution in [0.4, 0.5) is 0 Å². The fourth-order valence-corrected chi connectivity index (χ4v) is 12.0. The van der Waals surface area contributed by atoms with Crippen LogP contribution in [0.3, 0.4) is 0 Å². The molecule has 0 bridgehead atoms. The van der Waals surface area contributed by atoms with Gasteiger partial charge in [-0.05, 0) is 190 Å². The Morgan fingerprint density at radius 1 is 0.278 bits per heavy atom. The first-order chi connectivity index (χ1) is 46.6. The second-order valence-electron chi connectivity index (χ2n) is 25.8. The first-order valence-electron chi connectivity index (χ1n) is 38.1. The van der Waals surface area contributed by atoms with Gasteiger partial charge in [0.1, 0.15) is 20.2 Å². The topological polar surface area (TPSA) is 220 Å². The number of hydrogen-bond acceptors (Lipinski definition) is 14. The van der Waals surface area contributed by atoms with Gasteiger partial charge in [0.25, 0.3) is 0 Å². The number of unbranched alkanes of at least 4 members (excludes halogenated alkanes) is 40. The van der Waals surface area contributed by atoms with Crippen molar-refractivity contribution in [3.05, 3.63) is 107 Å². The molecule has 0 unspecified atom stereocenters. The average molecular weight is 1420 g/mol. The molecule has 0 saturated carbocycles. The van der Waals surface area contributed by atoms with Gasteiger partial charge in [-0.25, -0.2) is 36.0 Å². The first-order valence-corrected chi connectivity index (χ1v) is 40.9. The van der Waals surface area contributed by atoms with Crippen molar-refractivity contribution in [3.63, 3.8) is 0 Å². The van der Waals surface area contributed by atoms with E-state index < -0.39 is 53.9 Å². The minimum atomic E-state index is -4.82. The molecule has 2 rings (SSSR count). The molecule has 0 aliphatic carbocycles. The van der Waals surface area contributed by atoms with E-state index in [1.54, 1.807) is 0 Å². The fourth-order valence-electron chi connectivity index (χ4n) is 11.0. The molecule has 548 valence electrons. The molecule has 0 heterocycles. The zero-order valence-electron chi connectivity index (χ0n) is 61.1. The van der Waals surface area contributed by atoms with Gasteiger partial charge in [0.2, 0.25) is 0 Å². The summed E-state index contributed by atoms with van der Waals surface area (Å²) in [5.74, 6) is -3.17. The predicted octanol–water partition coefficient (Wildman–Crippen LogP) is 22.5. The molecule has 14 nitrogen and oxygen atoms in total. The van der Waals surface area contributed by atoms with Crippen molar-refractivity contribution in [2.75, 3.05) is 26.4 Å². The van der Waals surface area contributed by atoms with Crippen molar-refractivity contribution in [1.29, 1.82) is 0 Å². The second kappa shape index (κ2) is 65.7. The maximum atomic E-state index is 12.9. The largest absolute Gasteiger partial charge is 2.00 e. The van der Waals surface area contributed by atoms with Crippen LogP contribution < -0.4 is 0 Å². The standard InChI is InChI=1S/2C40H66O7S.Ca/c2*1-3-5-7-9-11-13-15-17-19-21-23-25-27-29-33-46-39(41)37-32-31-36(48(43,44)45)35-38(37)40(42)47-34-30-28-26-24-22-20-18-16-14-12-10-8-6-4-2;/h2*19-22,31-32,35H,3-18,23-30,33-34H2,1-2H3,(H,43,44,45);/q;;+2/p-2/b2*21-19+,22-20+;. The van der Waals surface area contributed by atoms with Crippen LogP contribution in [0.25, 0.3) is 0 Å². The van der Waals surface area contributed by atoms with E-state index >= 15 is 0 Å². The summed E-state index contributed by atoms with van der Waals surface area (Å²) < 4.78 is 91.0. The summed E-state index contributed by atoms with van der Waals surface area (Å²) >= 11 is 0. The average Bonchev–Trinajstić information content (AvgIpc) is 0.828. The molecule has 0 aliphatic rings. The number of rotatable bonds is 62. The third-order valence-electron chi connectivity index (χ3n) is 17.0. The third kappa shape index (κ3) is 53.8. The number of esters is 4. The van der Waals surface area contributed by atoms with Gasteiger partial charge >= 0.3 is 61.6 Å². The molecule has 2 aromatic rings. The monoisotopic (exact) mass is 1420 g/mol. The van der Waals surface area contributed by atoms with Crippen molar-refractivity contribution in [2.24, 2.45) is 0 Å². The van der Waals surface area contributed by atoms with Crippen LogP contribution in [0, 0.1) is 0 Å². The van der Waals surface area contributed by atoms with Crippen molar-refractivity contribution in [2.45, 2.75) is 346 Å². The molecule has 97 heavy (non-hydrogen) atoms. The molecule has 0 aromatic heterocycles. The Bertz CT molecular complexity index is 2470. The maximum absolute atomic E-state index is 12.9. The van der Waals surface area contributed by atoms with Gasteiger partial charge in [-0.15, -0.1) is 0 Å². The van der Waals surface area contributed by atoms with Crippen LogP contribution in [0.5, 0.6) is 0 Å². The molecule has 17 heteroatoms. The molecule has 0 aliphatic heterocycles. The van der Waals surface area contributed by atoms with E-state index in [0.29, 0.717) is 25.7 Å². The van der Waals surface area contributed by atoms with Crippen LogP contribution in [0.2, 0.25) is 0 Å². The smallest absolute Gasteiger partial charge is 0.744 e. The van der Waals surface area contributed by atoms with Gasteiger partial charge < -0.3 is 28.1 Å². The van der Waals surface area contributed by atoms with Crippen LogP contribution in [-0.2, 0) is 39.2 Å². The van der Waals surface area contributed by atoms with Crippen molar-refractivity contribution < 1.29 is 64.1 Å². The van der Waals surface area contributed by atoms with E-state index in [1.807, 2.05) is 0 Å². The molecule has 0 radical (unpaired) electrons. The molecule has 0 spiro atoms. The second-order valence-corrected chi connectivity index (χ2v) is 28.5. The summed E-state index contributed by atoms with van der Waals surface area (Å²) in [6.07, 6.45) is 73.1. The molecular weight excluding hydrogens is 1290 g/mol. The van der Waals surface area contributed by atoms with Crippen LogP contribution in [-0.4, -0.2) is 114 Å². The minimum absolute atomic E-state index is 0. The van der Waals surface area contributed by atoms with Gasteiger partial charge in [0.05, 0.1) is 58.5 Å². The SMILES string of the molecule is CCCCCCCCC/C=C/CCCCCOC(=O)c1ccc(S(=O)(=O)[O-])cc1C(=O)OCCCCC/C=C/CCCCCCCCC.CCCCCCCCC/C=C/CCCCCOC(=O)c1ccc(S(=O)(=O)[O-])cc1C(=O)OCCCCC/C=C/CCCCCCCCC.[Ca+2]. The first kappa shape index (κ1) is 93.4. The third-order valence-corrected chi connectivity index (χ3v) is 18.7. The summed E-state index contributed by atoms with van der Waals surface area (Å²) in [7, 11) is -9.64. The molecule has 0 N–H and O–H groups in total. The number of allylic oxidation sites excluding steroid dienone is 8. The molecular formula is C80H130CaO14S2. The van der Waals surface area contributed by atoms with Crippen LogP contribution >= 0.6 is 0 Å². The Balaban J connectivity index is 0.00000188. The van der Waals surface area contributed by atoms with Crippen LogP contribution in [0.1, 0.15) is 377 Å². The van der Waals surface area contributed by atoms with E-state index in [2.05, 4.69) is 76.3 Å². The maximum Gasteiger partial charge on any atom is 2.00 e. The van der Waals surface area contributed by atoms with E-state index in [0.717, 1.165) is 139 Å². The zero-order valence-corrected chi connectivity index (χ0v) is 64.9. The van der Waals surface area contributed by atoms with E-state index in [4.69, 9.17) is 18.9 Å². The zero-order chi connectivity index (χ0) is 70.3. The number of hydrogen-bond donors (Lipinski definition) is 0. The Labute approximate surface area is 620 Å². The van der Waals surface area contributed by atoms with Gasteiger partial charge in [-0.1, -0.05) is 230 Å². The summed E-state index contributed by atoms with van der Waals surface area (Å²) in [6.45, 7) is 9.59. The Morgan fingerprint density at radius 3 is 0.649 bits per heavy atom. The summed E-state index contributed by atoms with van der Waals surface area (Å²) in [6, 6.07) is 6.18. The predicted molar refractivity (Wildman–Crippen MR) is 397 cm³/mol. The number of carbonyl (C=O) groups excluding carboxylic acids is 4. The molecule has 0 atom stereocenters. The van der Waals surface area contributed by atoms with Gasteiger partial charge in [-0.2, -0.15) is 0 Å². The van der Waals surface area contributed by atoms with Crippen molar-refractivity contribution in [1.82, 2.24) is 0 Å². The Morgan fingerprint density at radius 2 is 0.454 bits per heavy atom. The number of ether oxygens (including phenoxy) is 4. The van der Waals surface area contributed by atoms with E-state index in [-0.39, 0.29) is 86.4 Å². The van der Waals surface area contributed by atoms with Gasteiger partial charge in [-0.3, -0.25) is 0 Å². The molecule has 0 fully saturated rings. The number of benzene rings is 2.